The molecule has 1 unspecified atom stereocenters. The summed E-state index contributed by atoms with van der Waals surface area (Å²) in [5, 5.41) is 3.28. The first-order chi connectivity index (χ1) is 7.24. The van der Waals surface area contributed by atoms with E-state index < -0.39 is 0 Å². The summed E-state index contributed by atoms with van der Waals surface area (Å²) in [5.74, 6) is 0.980. The van der Waals surface area contributed by atoms with E-state index in [4.69, 9.17) is 5.73 Å². The second-order valence-corrected chi connectivity index (χ2v) is 3.44. The lowest BCUT2D eigenvalue weighted by atomic mass is 10.1. The molecule has 0 aliphatic heterocycles. The van der Waals surface area contributed by atoms with E-state index in [2.05, 4.69) is 23.0 Å². The minimum Gasteiger partial charge on any atom is -0.373 e. The highest BCUT2D eigenvalue weighted by molar-refractivity contribution is 5.82. The normalized spacial score (nSPS) is 14.2. The summed E-state index contributed by atoms with van der Waals surface area (Å²) in [6.07, 6.45) is 8.66. The number of hydrogen-bond donors (Lipinski definition) is 2. The lowest BCUT2D eigenvalue weighted by molar-refractivity contribution is 0.694. The van der Waals surface area contributed by atoms with Crippen LogP contribution in [0.1, 0.15) is 26.2 Å². The number of allylic oxidation sites excluding steroid dienone is 1. The number of rotatable bonds is 7. The lowest BCUT2D eigenvalue weighted by Crippen LogP contribution is -2.32. The van der Waals surface area contributed by atoms with E-state index in [0.717, 1.165) is 31.6 Å². The summed E-state index contributed by atoms with van der Waals surface area (Å²) in [5.41, 5.74) is 5.89. The Morgan fingerprint density at radius 2 is 2.33 bits per heavy atom. The predicted octanol–water partition coefficient (Wildman–Crippen LogP) is 1.86. The molecular formula is C12H23N3. The Labute approximate surface area is 93.2 Å². The first-order valence-corrected chi connectivity index (χ1v) is 5.41. The zero-order valence-electron chi connectivity index (χ0n) is 9.87. The van der Waals surface area contributed by atoms with Crippen LogP contribution in [0.2, 0.25) is 0 Å². The van der Waals surface area contributed by atoms with Crippen molar-refractivity contribution < 1.29 is 0 Å². The van der Waals surface area contributed by atoms with Crippen molar-refractivity contribution in [3.63, 3.8) is 0 Å². The highest BCUT2D eigenvalue weighted by Crippen LogP contribution is 1.96. The number of aliphatic imine (C=N–C) groups is 1. The standard InChI is InChI=1S/C12H23N3/c1-4-6-7-9-15-12(14-3)10-11(13)8-5-2/h4-6,11H,2,7-10,13H2,1,3H3,(H,14,15)/b6-4-. The second kappa shape index (κ2) is 9.46. The molecule has 0 rings (SSSR count). The molecule has 0 saturated carbocycles. The number of nitrogens with two attached hydrogens (primary N) is 1. The van der Waals surface area contributed by atoms with E-state index in [1.165, 1.54) is 0 Å². The Balaban J connectivity index is 3.78. The van der Waals surface area contributed by atoms with Gasteiger partial charge in [0.15, 0.2) is 0 Å². The Morgan fingerprint density at radius 1 is 1.60 bits per heavy atom. The van der Waals surface area contributed by atoms with E-state index in [-0.39, 0.29) is 6.04 Å². The molecule has 1 atom stereocenters. The van der Waals surface area contributed by atoms with Crippen LogP contribution >= 0.6 is 0 Å². The zero-order chi connectivity index (χ0) is 11.5. The summed E-state index contributed by atoms with van der Waals surface area (Å²) in [4.78, 5) is 4.18. The van der Waals surface area contributed by atoms with Crippen molar-refractivity contribution in [2.24, 2.45) is 10.7 Å². The molecule has 0 aromatic carbocycles. The van der Waals surface area contributed by atoms with E-state index in [1.54, 1.807) is 7.05 Å². The number of hydrogen-bond acceptors (Lipinski definition) is 2. The van der Waals surface area contributed by atoms with E-state index in [9.17, 15) is 0 Å². The number of amidine groups is 1. The molecule has 3 heteroatoms. The van der Waals surface area contributed by atoms with Crippen LogP contribution in [-0.4, -0.2) is 25.5 Å². The van der Waals surface area contributed by atoms with Crippen LogP contribution < -0.4 is 11.1 Å². The van der Waals surface area contributed by atoms with Crippen LogP contribution in [-0.2, 0) is 0 Å². The Hall–Kier alpha value is -1.09. The number of nitrogens with zero attached hydrogens (tertiary/aromatic N) is 1. The average molecular weight is 209 g/mol. The Morgan fingerprint density at radius 3 is 2.87 bits per heavy atom. The monoisotopic (exact) mass is 209 g/mol. The highest BCUT2D eigenvalue weighted by Gasteiger charge is 2.04. The molecule has 0 saturated heterocycles. The van der Waals surface area contributed by atoms with Crippen LogP contribution in [0, 0.1) is 0 Å². The minimum absolute atomic E-state index is 0.121. The summed E-state index contributed by atoms with van der Waals surface area (Å²) in [6.45, 7) is 6.61. The molecule has 0 aromatic rings. The van der Waals surface area contributed by atoms with Gasteiger partial charge in [0.1, 0.15) is 0 Å². The van der Waals surface area contributed by atoms with Crippen molar-refractivity contribution in [2.75, 3.05) is 13.6 Å². The fourth-order valence-electron chi connectivity index (χ4n) is 1.25. The maximum atomic E-state index is 5.89. The fourth-order valence-corrected chi connectivity index (χ4v) is 1.25. The first-order valence-electron chi connectivity index (χ1n) is 5.41. The second-order valence-electron chi connectivity index (χ2n) is 3.44. The third-order valence-corrected chi connectivity index (χ3v) is 2.07. The van der Waals surface area contributed by atoms with Crippen LogP contribution in [0.4, 0.5) is 0 Å². The molecule has 0 aliphatic rings. The van der Waals surface area contributed by atoms with Crippen molar-refractivity contribution in [1.29, 1.82) is 0 Å². The third kappa shape index (κ3) is 7.94. The lowest BCUT2D eigenvalue weighted by Gasteiger charge is -2.12. The highest BCUT2D eigenvalue weighted by atomic mass is 15.0. The maximum Gasteiger partial charge on any atom is 0.0975 e. The van der Waals surface area contributed by atoms with Crippen LogP contribution in [0.25, 0.3) is 0 Å². The van der Waals surface area contributed by atoms with Gasteiger partial charge in [0.2, 0.25) is 0 Å². The van der Waals surface area contributed by atoms with Crippen LogP contribution in [0.15, 0.2) is 29.8 Å². The molecule has 0 radical (unpaired) electrons. The van der Waals surface area contributed by atoms with Gasteiger partial charge in [0, 0.05) is 26.1 Å². The molecule has 0 aromatic heterocycles. The molecule has 0 bridgehead atoms. The van der Waals surface area contributed by atoms with Gasteiger partial charge < -0.3 is 11.1 Å². The van der Waals surface area contributed by atoms with E-state index >= 15 is 0 Å². The van der Waals surface area contributed by atoms with Gasteiger partial charge >= 0.3 is 0 Å². The van der Waals surface area contributed by atoms with Gasteiger partial charge in [-0.05, 0) is 19.8 Å². The van der Waals surface area contributed by atoms with Gasteiger partial charge in [-0.2, -0.15) is 0 Å². The molecule has 0 fully saturated rings. The van der Waals surface area contributed by atoms with Crippen LogP contribution in [0.3, 0.4) is 0 Å². The molecule has 0 heterocycles. The molecule has 0 aliphatic carbocycles. The van der Waals surface area contributed by atoms with Gasteiger partial charge in [0.25, 0.3) is 0 Å². The molecule has 0 spiro atoms. The average Bonchev–Trinajstić information content (AvgIpc) is 2.23. The maximum absolute atomic E-state index is 5.89. The topological polar surface area (TPSA) is 50.4 Å². The van der Waals surface area contributed by atoms with Gasteiger partial charge in [-0.25, -0.2) is 0 Å². The SMILES string of the molecule is C=CCC(N)C/C(=N/C)NCC/C=C\C. The summed E-state index contributed by atoms with van der Waals surface area (Å²) >= 11 is 0. The fraction of sp³-hybridized carbons (Fsp3) is 0.583. The predicted molar refractivity (Wildman–Crippen MR) is 68.2 cm³/mol. The summed E-state index contributed by atoms with van der Waals surface area (Å²) in [6, 6.07) is 0.121. The van der Waals surface area contributed by atoms with Crippen molar-refractivity contribution in [3.8, 4) is 0 Å². The molecular weight excluding hydrogens is 186 g/mol. The van der Waals surface area contributed by atoms with Crippen molar-refractivity contribution in [3.05, 3.63) is 24.8 Å². The molecule has 3 nitrogen and oxygen atoms in total. The zero-order valence-corrected chi connectivity index (χ0v) is 9.87. The molecule has 3 N–H and O–H groups in total. The summed E-state index contributed by atoms with van der Waals surface area (Å²) < 4.78 is 0. The molecule has 86 valence electrons. The summed E-state index contributed by atoms with van der Waals surface area (Å²) in [7, 11) is 1.79. The van der Waals surface area contributed by atoms with E-state index in [1.807, 2.05) is 19.1 Å². The van der Waals surface area contributed by atoms with Gasteiger partial charge in [0.05, 0.1) is 5.84 Å². The van der Waals surface area contributed by atoms with E-state index in [0.29, 0.717) is 0 Å². The third-order valence-electron chi connectivity index (χ3n) is 2.07. The Bertz CT molecular complexity index is 219. The minimum atomic E-state index is 0.121. The van der Waals surface area contributed by atoms with Crippen LogP contribution in [0.5, 0.6) is 0 Å². The van der Waals surface area contributed by atoms with Gasteiger partial charge in [-0.3, -0.25) is 4.99 Å². The molecule has 15 heavy (non-hydrogen) atoms. The van der Waals surface area contributed by atoms with Gasteiger partial charge in [-0.15, -0.1) is 6.58 Å². The van der Waals surface area contributed by atoms with Gasteiger partial charge in [-0.1, -0.05) is 18.2 Å². The smallest absolute Gasteiger partial charge is 0.0975 e. The van der Waals surface area contributed by atoms with Crippen molar-refractivity contribution >= 4 is 5.84 Å². The largest absolute Gasteiger partial charge is 0.373 e. The molecule has 0 amide bonds. The number of nitrogens with one attached hydrogen (secondary N) is 1. The Kier molecular flexibility index (Phi) is 8.78. The first kappa shape index (κ1) is 13.9. The van der Waals surface area contributed by atoms with Crippen molar-refractivity contribution in [1.82, 2.24) is 5.32 Å². The quantitative estimate of drug-likeness (QED) is 0.291. The van der Waals surface area contributed by atoms with Crippen molar-refractivity contribution in [2.45, 2.75) is 32.2 Å².